The van der Waals surface area contributed by atoms with E-state index in [9.17, 15) is 13.2 Å². The van der Waals surface area contributed by atoms with Gasteiger partial charge in [-0.15, -0.1) is 0 Å². The van der Waals surface area contributed by atoms with E-state index in [1.54, 1.807) is 12.1 Å². The van der Waals surface area contributed by atoms with E-state index in [0.717, 1.165) is 0 Å². The first-order valence-electron chi connectivity index (χ1n) is 7.20. The summed E-state index contributed by atoms with van der Waals surface area (Å²) >= 11 is 0. The molecule has 0 saturated heterocycles. The molecular formula is C16H17N3O4S. The molecule has 2 rings (SSSR count). The van der Waals surface area contributed by atoms with Crippen molar-refractivity contribution in [2.75, 3.05) is 13.6 Å². The fourth-order valence-electron chi connectivity index (χ4n) is 2.11. The topological polar surface area (TPSA) is 103 Å². The number of carbonyl (C=O) groups excluding carboxylic acids is 1. The smallest absolute Gasteiger partial charge is 0.254 e. The van der Waals surface area contributed by atoms with Gasteiger partial charge in [0.05, 0.1) is 30.2 Å². The van der Waals surface area contributed by atoms with Crippen molar-refractivity contribution >= 4 is 15.9 Å². The van der Waals surface area contributed by atoms with E-state index in [2.05, 4.69) is 4.72 Å². The fourth-order valence-corrected chi connectivity index (χ4v) is 2.84. The molecule has 1 heterocycles. The van der Waals surface area contributed by atoms with Crippen molar-refractivity contribution < 1.29 is 17.6 Å². The molecule has 24 heavy (non-hydrogen) atoms. The Morgan fingerprint density at radius 2 is 2.00 bits per heavy atom. The number of benzene rings is 1. The number of hydrogen-bond acceptors (Lipinski definition) is 5. The number of hydrogen-bond donors (Lipinski definition) is 1. The lowest BCUT2D eigenvalue weighted by molar-refractivity contribution is 0.0735. The first-order valence-corrected chi connectivity index (χ1v) is 8.68. The second-order valence-corrected chi connectivity index (χ2v) is 6.83. The van der Waals surface area contributed by atoms with Crippen molar-refractivity contribution in [3.63, 3.8) is 0 Å². The van der Waals surface area contributed by atoms with Crippen LogP contribution in [0.4, 0.5) is 0 Å². The molecule has 0 fully saturated rings. The highest BCUT2D eigenvalue weighted by Gasteiger charge is 2.18. The number of amides is 1. The predicted molar refractivity (Wildman–Crippen MR) is 86.4 cm³/mol. The molecule has 8 heteroatoms. The molecule has 0 aliphatic carbocycles. The minimum absolute atomic E-state index is 0.0798. The molecule has 0 unspecified atom stereocenters. The SMILES string of the molecule is CNS(=O)(=O)c1ccc(C(=O)N(CCC#N)Cc2ccco2)cc1. The highest BCUT2D eigenvalue weighted by Crippen LogP contribution is 2.14. The molecule has 0 aliphatic rings. The van der Waals surface area contributed by atoms with Crippen LogP contribution >= 0.6 is 0 Å². The standard InChI is InChI=1S/C16H17N3O4S/c1-18-24(21,22)15-7-5-13(6-8-15)16(20)19(10-3-9-17)12-14-4-2-11-23-14/h2,4-8,11,18H,3,10,12H2,1H3. The minimum atomic E-state index is -3.55. The van der Waals surface area contributed by atoms with Gasteiger partial charge >= 0.3 is 0 Å². The first kappa shape index (κ1) is 17.7. The van der Waals surface area contributed by atoms with Crippen molar-refractivity contribution in [3.8, 4) is 6.07 Å². The van der Waals surface area contributed by atoms with Crippen LogP contribution in [0, 0.1) is 11.3 Å². The van der Waals surface area contributed by atoms with Crippen molar-refractivity contribution in [1.82, 2.24) is 9.62 Å². The van der Waals surface area contributed by atoms with Gasteiger partial charge in [-0.25, -0.2) is 13.1 Å². The highest BCUT2D eigenvalue weighted by molar-refractivity contribution is 7.89. The van der Waals surface area contributed by atoms with Crippen LogP contribution in [0.2, 0.25) is 0 Å². The van der Waals surface area contributed by atoms with Gasteiger partial charge in [-0.3, -0.25) is 4.79 Å². The van der Waals surface area contributed by atoms with E-state index < -0.39 is 10.0 Å². The van der Waals surface area contributed by atoms with Crippen LogP contribution in [0.15, 0.2) is 52.0 Å². The summed E-state index contributed by atoms with van der Waals surface area (Å²) in [5.41, 5.74) is 0.342. The van der Waals surface area contributed by atoms with Gasteiger partial charge in [0.25, 0.3) is 5.91 Å². The summed E-state index contributed by atoms with van der Waals surface area (Å²) in [7, 11) is -2.23. The summed E-state index contributed by atoms with van der Waals surface area (Å²) in [5, 5.41) is 8.76. The van der Waals surface area contributed by atoms with Gasteiger partial charge < -0.3 is 9.32 Å². The van der Waals surface area contributed by atoms with Crippen LogP contribution in [0.25, 0.3) is 0 Å². The number of furan rings is 1. The number of nitrogens with one attached hydrogen (secondary N) is 1. The molecule has 0 spiro atoms. The molecule has 126 valence electrons. The Balaban J connectivity index is 2.20. The Morgan fingerprint density at radius 3 is 2.54 bits per heavy atom. The van der Waals surface area contributed by atoms with Crippen LogP contribution in [-0.2, 0) is 16.6 Å². The maximum Gasteiger partial charge on any atom is 0.254 e. The minimum Gasteiger partial charge on any atom is -0.467 e. The molecule has 0 saturated carbocycles. The summed E-state index contributed by atoms with van der Waals surface area (Å²) in [6.07, 6.45) is 1.71. The predicted octanol–water partition coefficient (Wildman–Crippen LogP) is 1.74. The molecule has 1 N–H and O–H groups in total. The Bertz CT molecular complexity index is 821. The van der Waals surface area contributed by atoms with Crippen molar-refractivity contribution in [2.24, 2.45) is 0 Å². The molecule has 1 aromatic carbocycles. The molecular weight excluding hydrogens is 330 g/mol. The number of nitriles is 1. The number of sulfonamides is 1. The summed E-state index contributed by atoms with van der Waals surface area (Å²) in [6, 6.07) is 11.1. The lowest BCUT2D eigenvalue weighted by atomic mass is 10.2. The Labute approximate surface area is 140 Å². The van der Waals surface area contributed by atoms with Crippen LogP contribution < -0.4 is 4.72 Å². The van der Waals surface area contributed by atoms with Gasteiger partial charge in [-0.2, -0.15) is 5.26 Å². The van der Waals surface area contributed by atoms with E-state index in [4.69, 9.17) is 9.68 Å². The van der Waals surface area contributed by atoms with E-state index in [1.165, 1.54) is 42.5 Å². The zero-order valence-electron chi connectivity index (χ0n) is 13.1. The van der Waals surface area contributed by atoms with Gasteiger partial charge in [0.15, 0.2) is 0 Å². The molecule has 0 aliphatic heterocycles. The second-order valence-electron chi connectivity index (χ2n) is 4.95. The molecule has 1 aromatic heterocycles. The van der Waals surface area contributed by atoms with Crippen LogP contribution in [0.1, 0.15) is 22.5 Å². The lowest BCUT2D eigenvalue weighted by Crippen LogP contribution is -2.31. The van der Waals surface area contributed by atoms with Gasteiger partial charge in [-0.1, -0.05) is 0 Å². The molecule has 7 nitrogen and oxygen atoms in total. The monoisotopic (exact) mass is 347 g/mol. The normalized spacial score (nSPS) is 11.0. The third kappa shape index (κ3) is 4.22. The number of nitrogens with zero attached hydrogens (tertiary/aromatic N) is 2. The zero-order valence-corrected chi connectivity index (χ0v) is 13.9. The van der Waals surface area contributed by atoms with Crippen molar-refractivity contribution in [2.45, 2.75) is 17.9 Å². The Kier molecular flexibility index (Phi) is 5.73. The van der Waals surface area contributed by atoms with Crippen LogP contribution in [0.5, 0.6) is 0 Å². The molecule has 2 aromatic rings. The van der Waals surface area contributed by atoms with Crippen LogP contribution in [0.3, 0.4) is 0 Å². The van der Waals surface area contributed by atoms with Crippen molar-refractivity contribution in [3.05, 3.63) is 54.0 Å². The maximum absolute atomic E-state index is 12.6. The third-order valence-electron chi connectivity index (χ3n) is 3.39. The van der Waals surface area contributed by atoms with Gasteiger partial charge in [0.2, 0.25) is 10.0 Å². The molecule has 0 radical (unpaired) electrons. The zero-order chi connectivity index (χ0) is 17.6. The molecule has 0 bridgehead atoms. The second kappa shape index (κ2) is 7.77. The van der Waals surface area contributed by atoms with Crippen LogP contribution in [-0.4, -0.2) is 32.8 Å². The average Bonchev–Trinajstić information content (AvgIpc) is 3.11. The third-order valence-corrected chi connectivity index (χ3v) is 4.82. The maximum atomic E-state index is 12.6. The largest absolute Gasteiger partial charge is 0.467 e. The lowest BCUT2D eigenvalue weighted by Gasteiger charge is -2.20. The van der Waals surface area contributed by atoms with Gasteiger partial charge in [0, 0.05) is 12.1 Å². The quantitative estimate of drug-likeness (QED) is 0.822. The van der Waals surface area contributed by atoms with E-state index >= 15 is 0 Å². The van der Waals surface area contributed by atoms with E-state index in [0.29, 0.717) is 11.3 Å². The Morgan fingerprint density at radius 1 is 1.29 bits per heavy atom. The summed E-state index contributed by atoms with van der Waals surface area (Å²) < 4.78 is 30.9. The first-order chi connectivity index (χ1) is 11.5. The van der Waals surface area contributed by atoms with E-state index in [1.807, 2.05) is 6.07 Å². The summed E-state index contributed by atoms with van der Waals surface area (Å²) in [6.45, 7) is 0.497. The van der Waals surface area contributed by atoms with Gasteiger partial charge in [0.1, 0.15) is 5.76 Å². The summed E-state index contributed by atoms with van der Waals surface area (Å²) in [5.74, 6) is 0.311. The fraction of sp³-hybridized carbons (Fsp3) is 0.250. The van der Waals surface area contributed by atoms with Gasteiger partial charge in [-0.05, 0) is 43.4 Å². The van der Waals surface area contributed by atoms with E-state index in [-0.39, 0.29) is 30.3 Å². The Hall–Kier alpha value is -2.63. The van der Waals surface area contributed by atoms with Crippen molar-refractivity contribution in [1.29, 1.82) is 5.26 Å². The number of rotatable bonds is 7. The average molecular weight is 347 g/mol. The number of carbonyl (C=O) groups is 1. The molecule has 0 atom stereocenters. The highest BCUT2D eigenvalue weighted by atomic mass is 32.2. The summed E-state index contributed by atoms with van der Waals surface area (Å²) in [4.78, 5) is 14.2. The molecule has 1 amide bonds.